The van der Waals surface area contributed by atoms with Gasteiger partial charge in [0.25, 0.3) is 5.91 Å². The zero-order valence-electron chi connectivity index (χ0n) is 19.0. The average molecular weight is 491 g/mol. The van der Waals surface area contributed by atoms with Crippen molar-refractivity contribution in [3.05, 3.63) is 82.1 Å². The monoisotopic (exact) mass is 490 g/mol. The highest BCUT2D eigenvalue weighted by atomic mass is 35.5. The molecule has 1 N–H and O–H groups in total. The predicted molar refractivity (Wildman–Crippen MR) is 126 cm³/mol. The van der Waals surface area contributed by atoms with E-state index in [0.29, 0.717) is 16.1 Å². The second kappa shape index (κ2) is 9.12. The van der Waals surface area contributed by atoms with E-state index in [-0.39, 0.29) is 41.9 Å². The molecule has 0 aliphatic heterocycles. The number of halogens is 4. The lowest BCUT2D eigenvalue weighted by molar-refractivity contribution is -0.143. The minimum atomic E-state index is -4.67. The first kappa shape index (κ1) is 24.4. The van der Waals surface area contributed by atoms with E-state index < -0.39 is 17.8 Å². The maximum absolute atomic E-state index is 14.4. The van der Waals surface area contributed by atoms with Crippen LogP contribution in [0.2, 0.25) is 5.02 Å². The molecule has 4 nitrogen and oxygen atoms in total. The summed E-state index contributed by atoms with van der Waals surface area (Å²) in [5.41, 5.74) is 0.129. The third-order valence-electron chi connectivity index (χ3n) is 6.51. The minimum Gasteiger partial charge on any atom is -0.396 e. The fourth-order valence-corrected chi connectivity index (χ4v) is 4.65. The van der Waals surface area contributed by atoms with Crippen LogP contribution in [-0.2, 0) is 12.7 Å². The largest absolute Gasteiger partial charge is 0.431 e. The van der Waals surface area contributed by atoms with Crippen molar-refractivity contribution in [1.82, 2.24) is 9.47 Å². The van der Waals surface area contributed by atoms with Crippen molar-refractivity contribution < 1.29 is 23.1 Å². The van der Waals surface area contributed by atoms with E-state index in [9.17, 15) is 23.1 Å². The van der Waals surface area contributed by atoms with Crippen LogP contribution in [-0.4, -0.2) is 40.7 Å². The van der Waals surface area contributed by atoms with Gasteiger partial charge in [0.15, 0.2) is 0 Å². The summed E-state index contributed by atoms with van der Waals surface area (Å²) in [4.78, 5) is 15.2. The lowest BCUT2D eigenvalue weighted by atomic mass is 10.00. The Bertz CT molecular complexity index is 1180. The smallest absolute Gasteiger partial charge is 0.396 e. The number of aliphatic hydroxyl groups is 1. The lowest BCUT2D eigenvalue weighted by Gasteiger charge is -2.24. The highest BCUT2D eigenvalue weighted by molar-refractivity contribution is 6.30. The molecule has 3 aromatic rings. The third-order valence-corrected chi connectivity index (χ3v) is 6.76. The number of amides is 1. The third kappa shape index (κ3) is 4.72. The molecule has 0 saturated heterocycles. The summed E-state index contributed by atoms with van der Waals surface area (Å²) in [6.45, 7) is 1.51. The SMILES string of the molecule is Cc1c(-c2ccc(Cl)cc2)c(C(=O)N(C)CC2(CO)CC2)n(Cc2ccccc2)c1C(F)(F)F. The molecule has 1 saturated carbocycles. The van der Waals surface area contributed by atoms with Gasteiger partial charge in [0.2, 0.25) is 0 Å². The van der Waals surface area contributed by atoms with E-state index in [2.05, 4.69) is 0 Å². The molecule has 0 bridgehead atoms. The first-order valence-electron chi connectivity index (χ1n) is 11.0. The van der Waals surface area contributed by atoms with E-state index in [1.165, 1.54) is 11.8 Å². The molecule has 1 aliphatic rings. The molecule has 180 valence electrons. The Morgan fingerprint density at radius 2 is 1.74 bits per heavy atom. The molecule has 0 unspecified atom stereocenters. The van der Waals surface area contributed by atoms with Gasteiger partial charge < -0.3 is 14.6 Å². The quantitative estimate of drug-likeness (QED) is 0.439. The predicted octanol–water partition coefficient (Wildman–Crippen LogP) is 6.03. The van der Waals surface area contributed by atoms with Crippen LogP contribution in [0.4, 0.5) is 13.2 Å². The van der Waals surface area contributed by atoms with Crippen LogP contribution >= 0.6 is 11.6 Å². The van der Waals surface area contributed by atoms with Crippen molar-refractivity contribution in [2.45, 2.75) is 32.5 Å². The fraction of sp³-hybridized carbons (Fsp3) is 0.346. The zero-order valence-corrected chi connectivity index (χ0v) is 19.7. The molecule has 8 heteroatoms. The molecule has 34 heavy (non-hydrogen) atoms. The number of nitrogens with zero attached hydrogens (tertiary/aromatic N) is 2. The number of rotatable bonds is 7. The molecule has 2 aromatic carbocycles. The molecule has 1 fully saturated rings. The van der Waals surface area contributed by atoms with Gasteiger partial charge in [0, 0.05) is 36.1 Å². The molecule has 1 heterocycles. The van der Waals surface area contributed by atoms with Crippen LogP contribution in [0.1, 0.15) is 40.2 Å². The number of aromatic nitrogens is 1. The molecule has 4 rings (SSSR count). The number of alkyl halides is 3. The van der Waals surface area contributed by atoms with Gasteiger partial charge in [0.1, 0.15) is 11.4 Å². The van der Waals surface area contributed by atoms with Crippen molar-refractivity contribution in [2.24, 2.45) is 5.41 Å². The molecular weight excluding hydrogens is 465 g/mol. The van der Waals surface area contributed by atoms with Crippen LogP contribution in [0.5, 0.6) is 0 Å². The Balaban J connectivity index is 1.92. The van der Waals surface area contributed by atoms with E-state index in [4.69, 9.17) is 11.6 Å². The summed E-state index contributed by atoms with van der Waals surface area (Å²) in [6, 6.07) is 15.2. The van der Waals surface area contributed by atoms with Crippen LogP contribution < -0.4 is 0 Å². The Morgan fingerprint density at radius 3 is 2.26 bits per heavy atom. The van der Waals surface area contributed by atoms with Gasteiger partial charge >= 0.3 is 6.18 Å². The fourth-order valence-electron chi connectivity index (χ4n) is 4.53. The van der Waals surface area contributed by atoms with E-state index >= 15 is 0 Å². The summed E-state index contributed by atoms with van der Waals surface area (Å²) in [5.74, 6) is -0.515. The van der Waals surface area contributed by atoms with Gasteiger partial charge in [0.05, 0.1) is 6.61 Å². The molecule has 1 aromatic heterocycles. The molecule has 0 spiro atoms. The Hall–Kier alpha value is -2.77. The van der Waals surface area contributed by atoms with Gasteiger partial charge in [-0.25, -0.2) is 0 Å². The number of carbonyl (C=O) groups is 1. The molecule has 1 amide bonds. The maximum atomic E-state index is 14.4. The van der Waals surface area contributed by atoms with Gasteiger partial charge in [-0.15, -0.1) is 0 Å². The topological polar surface area (TPSA) is 45.5 Å². The lowest BCUT2D eigenvalue weighted by Crippen LogP contribution is -2.36. The van der Waals surface area contributed by atoms with Crippen molar-refractivity contribution in [2.75, 3.05) is 20.2 Å². The molecule has 0 radical (unpaired) electrons. The number of carbonyl (C=O) groups excluding carboxylic acids is 1. The van der Waals surface area contributed by atoms with E-state index in [0.717, 1.165) is 17.4 Å². The normalized spacial score (nSPS) is 14.8. The number of aliphatic hydroxyl groups excluding tert-OH is 1. The van der Waals surface area contributed by atoms with E-state index in [1.807, 2.05) is 0 Å². The minimum absolute atomic E-state index is 0.00852. The highest BCUT2D eigenvalue weighted by Gasteiger charge is 2.45. The van der Waals surface area contributed by atoms with Crippen molar-refractivity contribution in [1.29, 1.82) is 0 Å². The first-order chi connectivity index (χ1) is 16.1. The van der Waals surface area contributed by atoms with Gasteiger partial charge in [-0.3, -0.25) is 4.79 Å². The summed E-state index contributed by atoms with van der Waals surface area (Å²) >= 11 is 6.02. The molecule has 0 atom stereocenters. The average Bonchev–Trinajstić information content (AvgIpc) is 3.50. The van der Waals surface area contributed by atoms with Gasteiger partial charge in [-0.1, -0.05) is 54.1 Å². The van der Waals surface area contributed by atoms with Crippen LogP contribution in [0, 0.1) is 12.3 Å². The van der Waals surface area contributed by atoms with Crippen molar-refractivity contribution >= 4 is 17.5 Å². The summed E-state index contributed by atoms with van der Waals surface area (Å²) < 4.78 is 44.2. The number of hydrogen-bond acceptors (Lipinski definition) is 2. The Morgan fingerprint density at radius 1 is 1.12 bits per heavy atom. The summed E-state index contributed by atoms with van der Waals surface area (Å²) in [7, 11) is 1.58. The highest BCUT2D eigenvalue weighted by Crippen LogP contribution is 2.46. The second-order valence-corrected chi connectivity index (χ2v) is 9.53. The van der Waals surface area contributed by atoms with Gasteiger partial charge in [-0.05, 0) is 48.6 Å². The van der Waals surface area contributed by atoms with Crippen LogP contribution in [0.25, 0.3) is 11.1 Å². The van der Waals surface area contributed by atoms with Crippen LogP contribution in [0.15, 0.2) is 54.6 Å². The van der Waals surface area contributed by atoms with Crippen molar-refractivity contribution in [3.63, 3.8) is 0 Å². The summed E-state index contributed by atoms with van der Waals surface area (Å²) in [6.07, 6.45) is -3.11. The number of hydrogen-bond donors (Lipinski definition) is 1. The summed E-state index contributed by atoms with van der Waals surface area (Å²) in [5, 5.41) is 10.2. The van der Waals surface area contributed by atoms with Gasteiger partial charge in [-0.2, -0.15) is 13.2 Å². The molecular formula is C26H26ClF3N2O2. The standard InChI is InChI=1S/C26H26ClF3N2O2/c1-17-21(19-8-10-20(27)11-9-19)22(24(34)31(2)15-25(16-33)12-13-25)32(23(17)26(28,29)30)14-18-6-4-3-5-7-18/h3-11,33H,12-16H2,1-2H3. The first-order valence-corrected chi connectivity index (χ1v) is 11.4. The van der Waals surface area contributed by atoms with Crippen molar-refractivity contribution in [3.8, 4) is 11.1 Å². The van der Waals surface area contributed by atoms with E-state index in [1.54, 1.807) is 61.6 Å². The Kier molecular flexibility index (Phi) is 6.53. The zero-order chi connectivity index (χ0) is 24.7. The van der Waals surface area contributed by atoms with Crippen LogP contribution in [0.3, 0.4) is 0 Å². The maximum Gasteiger partial charge on any atom is 0.431 e. The number of benzene rings is 2. The molecule has 1 aliphatic carbocycles. The Labute approximate surface area is 201 Å². The second-order valence-electron chi connectivity index (χ2n) is 9.09.